The molecule has 3 aromatic rings. The Labute approximate surface area is 172 Å². The van der Waals surface area contributed by atoms with E-state index in [0.29, 0.717) is 23.3 Å². The van der Waals surface area contributed by atoms with E-state index in [1.54, 1.807) is 35.9 Å². The molecule has 0 bridgehead atoms. The topological polar surface area (TPSA) is 103 Å². The third-order valence-corrected chi connectivity index (χ3v) is 4.78. The number of imidazole rings is 1. The van der Waals surface area contributed by atoms with Crippen LogP contribution in [0.15, 0.2) is 33.9 Å². The van der Waals surface area contributed by atoms with Crippen LogP contribution in [0.5, 0.6) is 5.75 Å². The van der Waals surface area contributed by atoms with Gasteiger partial charge in [-0.2, -0.15) is 4.98 Å². The van der Waals surface area contributed by atoms with Gasteiger partial charge in [0.15, 0.2) is 11.2 Å². The van der Waals surface area contributed by atoms with E-state index in [1.807, 2.05) is 6.92 Å². The minimum Gasteiger partial charge on any atom is -0.491 e. The molecule has 0 aliphatic rings. The number of anilines is 1. The summed E-state index contributed by atoms with van der Waals surface area (Å²) >= 11 is 5.86. The fourth-order valence-electron chi connectivity index (χ4n) is 2.98. The lowest BCUT2D eigenvalue weighted by molar-refractivity contribution is 0.0938. The first-order chi connectivity index (χ1) is 13.8. The molecule has 2 heterocycles. The molecule has 9 nitrogen and oxygen atoms in total. The fourth-order valence-corrected chi connectivity index (χ4v) is 3.11. The van der Waals surface area contributed by atoms with Gasteiger partial charge in [-0.1, -0.05) is 18.5 Å². The van der Waals surface area contributed by atoms with Gasteiger partial charge in [0.05, 0.1) is 6.54 Å². The number of aliphatic hydroxyl groups excluding tert-OH is 1. The summed E-state index contributed by atoms with van der Waals surface area (Å²) in [6.07, 6.45) is -0.0604. The number of aryl methyl sites for hydroxylation is 1. The number of aliphatic hydroxyl groups is 1. The number of aromatic nitrogens is 4. The van der Waals surface area contributed by atoms with Crippen molar-refractivity contribution in [3.63, 3.8) is 0 Å². The van der Waals surface area contributed by atoms with Crippen LogP contribution in [-0.2, 0) is 20.6 Å². The molecule has 0 spiro atoms. The van der Waals surface area contributed by atoms with Crippen molar-refractivity contribution in [2.45, 2.75) is 26.0 Å². The van der Waals surface area contributed by atoms with Crippen LogP contribution in [0.25, 0.3) is 11.2 Å². The Morgan fingerprint density at radius 3 is 2.55 bits per heavy atom. The van der Waals surface area contributed by atoms with Gasteiger partial charge in [-0.15, -0.1) is 0 Å². The number of fused-ring (bicyclic) bond motifs is 1. The Morgan fingerprint density at radius 1 is 1.21 bits per heavy atom. The average molecular weight is 422 g/mol. The summed E-state index contributed by atoms with van der Waals surface area (Å²) in [6.45, 7) is 2.72. The third-order valence-electron chi connectivity index (χ3n) is 4.53. The molecule has 29 heavy (non-hydrogen) atoms. The monoisotopic (exact) mass is 421 g/mol. The van der Waals surface area contributed by atoms with Crippen LogP contribution in [0.3, 0.4) is 0 Å². The molecule has 3 rings (SSSR count). The average Bonchev–Trinajstić information content (AvgIpc) is 3.07. The van der Waals surface area contributed by atoms with Crippen LogP contribution in [-0.4, -0.2) is 43.0 Å². The van der Waals surface area contributed by atoms with Crippen molar-refractivity contribution in [2.75, 3.05) is 18.5 Å². The number of nitrogens with one attached hydrogen (secondary N) is 1. The Kier molecular flexibility index (Phi) is 6.29. The van der Waals surface area contributed by atoms with Gasteiger partial charge in [0.1, 0.15) is 18.5 Å². The summed E-state index contributed by atoms with van der Waals surface area (Å²) in [5.41, 5.74) is -0.409. The van der Waals surface area contributed by atoms with Gasteiger partial charge in [0.25, 0.3) is 5.56 Å². The molecule has 1 aromatic carbocycles. The molecule has 10 heteroatoms. The smallest absolute Gasteiger partial charge is 0.332 e. The minimum atomic E-state index is -0.910. The normalized spacial score (nSPS) is 12.3. The van der Waals surface area contributed by atoms with E-state index >= 15 is 0 Å². The van der Waals surface area contributed by atoms with Gasteiger partial charge in [-0.25, -0.2) is 4.79 Å². The standard InChI is InChI=1S/C19H24ClN5O4/c1-4-9-21-18-22-16-15(17(27)24(3)19(28)23(16)2)25(18)10-13(26)11-29-14-7-5-12(20)6-8-14/h5-8,13,26H,4,9-11H2,1-3H3,(H,21,22)/t13-/m1/s1. The second-order valence-corrected chi connectivity index (χ2v) is 7.21. The van der Waals surface area contributed by atoms with Gasteiger partial charge < -0.3 is 19.7 Å². The van der Waals surface area contributed by atoms with Crippen molar-refractivity contribution in [3.05, 3.63) is 50.1 Å². The molecule has 0 amide bonds. The van der Waals surface area contributed by atoms with Crippen LogP contribution in [0.4, 0.5) is 5.95 Å². The molecule has 2 aromatic heterocycles. The lowest BCUT2D eigenvalue weighted by atomic mass is 10.3. The second kappa shape index (κ2) is 8.71. The van der Waals surface area contributed by atoms with Crippen molar-refractivity contribution in [2.24, 2.45) is 14.1 Å². The van der Waals surface area contributed by atoms with Crippen molar-refractivity contribution in [3.8, 4) is 5.75 Å². The van der Waals surface area contributed by atoms with Crippen molar-refractivity contribution in [1.82, 2.24) is 18.7 Å². The summed E-state index contributed by atoms with van der Waals surface area (Å²) in [6, 6.07) is 6.82. The Balaban J connectivity index is 1.92. The molecular weight excluding hydrogens is 398 g/mol. The molecule has 0 fully saturated rings. The predicted molar refractivity (Wildman–Crippen MR) is 112 cm³/mol. The maximum absolute atomic E-state index is 12.7. The second-order valence-electron chi connectivity index (χ2n) is 6.77. The van der Waals surface area contributed by atoms with Crippen LogP contribution >= 0.6 is 11.6 Å². The first kappa shape index (κ1) is 20.9. The summed E-state index contributed by atoms with van der Waals surface area (Å²) in [4.78, 5) is 29.4. The molecule has 0 radical (unpaired) electrons. The van der Waals surface area contributed by atoms with Gasteiger partial charge in [-0.3, -0.25) is 13.9 Å². The van der Waals surface area contributed by atoms with Crippen molar-refractivity contribution < 1.29 is 9.84 Å². The van der Waals surface area contributed by atoms with Crippen LogP contribution < -0.4 is 21.3 Å². The molecule has 1 atom stereocenters. The van der Waals surface area contributed by atoms with Gasteiger partial charge >= 0.3 is 5.69 Å². The first-order valence-corrected chi connectivity index (χ1v) is 9.67. The quantitative estimate of drug-likeness (QED) is 0.569. The first-order valence-electron chi connectivity index (χ1n) is 9.30. The van der Waals surface area contributed by atoms with E-state index in [-0.39, 0.29) is 24.3 Å². The zero-order chi connectivity index (χ0) is 21.1. The van der Waals surface area contributed by atoms with Crippen molar-refractivity contribution >= 4 is 28.7 Å². The van der Waals surface area contributed by atoms with E-state index in [2.05, 4.69) is 10.3 Å². The Bertz CT molecular complexity index is 1120. The lowest BCUT2D eigenvalue weighted by Gasteiger charge is -2.16. The van der Waals surface area contributed by atoms with E-state index in [9.17, 15) is 14.7 Å². The van der Waals surface area contributed by atoms with E-state index < -0.39 is 17.4 Å². The number of halogens is 1. The maximum Gasteiger partial charge on any atom is 0.332 e. The lowest BCUT2D eigenvalue weighted by Crippen LogP contribution is -2.38. The highest BCUT2D eigenvalue weighted by molar-refractivity contribution is 6.30. The predicted octanol–water partition coefficient (Wildman–Crippen LogP) is 1.35. The molecule has 0 saturated carbocycles. The largest absolute Gasteiger partial charge is 0.491 e. The van der Waals surface area contributed by atoms with E-state index in [1.165, 1.54) is 11.6 Å². The summed E-state index contributed by atoms with van der Waals surface area (Å²) < 4.78 is 9.55. The number of benzene rings is 1. The zero-order valence-electron chi connectivity index (χ0n) is 16.6. The number of nitrogens with zero attached hydrogens (tertiary/aromatic N) is 4. The Hall–Kier alpha value is -2.78. The van der Waals surface area contributed by atoms with E-state index in [4.69, 9.17) is 16.3 Å². The number of hydrogen-bond acceptors (Lipinski definition) is 6. The number of rotatable bonds is 8. The van der Waals surface area contributed by atoms with Crippen LogP contribution in [0, 0.1) is 0 Å². The highest BCUT2D eigenvalue weighted by Gasteiger charge is 2.21. The molecule has 0 unspecified atom stereocenters. The van der Waals surface area contributed by atoms with Crippen LogP contribution in [0.1, 0.15) is 13.3 Å². The maximum atomic E-state index is 12.7. The zero-order valence-corrected chi connectivity index (χ0v) is 17.3. The summed E-state index contributed by atoms with van der Waals surface area (Å²) in [5.74, 6) is 0.997. The molecule has 0 aliphatic carbocycles. The van der Waals surface area contributed by atoms with Crippen molar-refractivity contribution in [1.29, 1.82) is 0 Å². The van der Waals surface area contributed by atoms with Gasteiger partial charge in [0, 0.05) is 25.7 Å². The number of hydrogen-bond donors (Lipinski definition) is 2. The Morgan fingerprint density at radius 2 is 1.90 bits per heavy atom. The molecule has 0 aliphatic heterocycles. The molecule has 2 N–H and O–H groups in total. The molecule has 0 saturated heterocycles. The summed E-state index contributed by atoms with van der Waals surface area (Å²) in [7, 11) is 2.98. The van der Waals surface area contributed by atoms with Gasteiger partial charge in [-0.05, 0) is 30.7 Å². The third kappa shape index (κ3) is 4.30. The molecule has 156 valence electrons. The summed E-state index contributed by atoms with van der Waals surface area (Å²) in [5, 5.41) is 14.3. The van der Waals surface area contributed by atoms with Crippen LogP contribution in [0.2, 0.25) is 5.02 Å². The highest BCUT2D eigenvalue weighted by Crippen LogP contribution is 2.18. The number of ether oxygens (including phenoxy) is 1. The highest BCUT2D eigenvalue weighted by atomic mass is 35.5. The minimum absolute atomic E-state index is 0.0145. The van der Waals surface area contributed by atoms with Gasteiger partial charge in [0.2, 0.25) is 5.95 Å². The SMILES string of the molecule is CCCNc1nc2c(c(=O)n(C)c(=O)n2C)n1C[C@@H](O)COc1ccc(Cl)cc1. The van der Waals surface area contributed by atoms with E-state index in [0.717, 1.165) is 11.0 Å². The fraction of sp³-hybridized carbons (Fsp3) is 0.421. The molecular formula is C19H24ClN5O4.